The fourth-order valence-corrected chi connectivity index (χ4v) is 4.94. The minimum absolute atomic E-state index is 0.239. The summed E-state index contributed by atoms with van der Waals surface area (Å²) in [4.78, 5) is 0. The summed E-state index contributed by atoms with van der Waals surface area (Å²) in [7, 11) is 0. The van der Waals surface area contributed by atoms with E-state index in [1.807, 2.05) is 24.3 Å². The molecule has 0 fully saturated rings. The number of benzene rings is 6. The monoisotopic (exact) mass is 544 g/mol. The molecule has 0 saturated carbocycles. The van der Waals surface area contributed by atoms with Crippen LogP contribution < -0.4 is 0 Å². The predicted molar refractivity (Wildman–Crippen MR) is 142 cm³/mol. The highest BCUT2D eigenvalue weighted by molar-refractivity contribution is 9.11. The van der Waals surface area contributed by atoms with Crippen molar-refractivity contribution in [1.82, 2.24) is 0 Å². The number of phenols is 2. The van der Waals surface area contributed by atoms with Crippen LogP contribution in [0.2, 0.25) is 0 Å². The first-order valence-corrected chi connectivity index (χ1v) is 11.7. The second-order valence-electron chi connectivity index (χ2n) is 7.61. The Bertz CT molecular complexity index is 1500. The summed E-state index contributed by atoms with van der Waals surface area (Å²) in [5.74, 6) is 0.506. The number of halogens is 2. The van der Waals surface area contributed by atoms with Crippen LogP contribution in [0.25, 0.3) is 43.1 Å². The lowest BCUT2D eigenvalue weighted by Crippen LogP contribution is -1.78. The predicted octanol–water partition coefficient (Wildman–Crippen LogP) is 8.92. The van der Waals surface area contributed by atoms with Crippen LogP contribution in [-0.4, -0.2) is 10.2 Å². The lowest BCUT2D eigenvalue weighted by molar-refractivity contribution is 0.476. The van der Waals surface area contributed by atoms with Gasteiger partial charge in [0.05, 0.1) is 0 Å². The number of phenolic OH excluding ortho intramolecular Hbond substituents is 2. The molecule has 0 radical (unpaired) electrons. The average Bonchev–Trinajstić information content (AvgIpc) is 2.80. The fourth-order valence-electron chi connectivity index (χ4n) is 4.08. The Kier molecular flexibility index (Phi) is 5.50. The normalized spacial score (nSPS) is 11.1. The van der Waals surface area contributed by atoms with Crippen molar-refractivity contribution in [3.63, 3.8) is 0 Å². The lowest BCUT2D eigenvalue weighted by atomic mass is 10.0. The fraction of sp³-hybridized carbons (Fsp3) is 0. The van der Waals surface area contributed by atoms with Crippen molar-refractivity contribution in [1.29, 1.82) is 0 Å². The van der Waals surface area contributed by atoms with E-state index in [0.29, 0.717) is 0 Å². The quantitative estimate of drug-likeness (QED) is 0.187. The maximum atomic E-state index is 9.74. The molecule has 0 spiro atoms. The van der Waals surface area contributed by atoms with E-state index in [4.69, 9.17) is 0 Å². The lowest BCUT2D eigenvalue weighted by Gasteiger charge is -2.05. The van der Waals surface area contributed by atoms with E-state index >= 15 is 0 Å². The van der Waals surface area contributed by atoms with Crippen molar-refractivity contribution in [2.75, 3.05) is 0 Å². The zero-order valence-corrected chi connectivity index (χ0v) is 20.1. The molecule has 2 N–H and O–H groups in total. The van der Waals surface area contributed by atoms with Crippen molar-refractivity contribution in [2.24, 2.45) is 0 Å². The molecule has 0 unspecified atom stereocenters. The third-order valence-corrected chi connectivity index (χ3v) is 6.81. The summed E-state index contributed by atoms with van der Waals surface area (Å²) in [6, 6.07) is 31.5. The van der Waals surface area contributed by atoms with E-state index < -0.39 is 0 Å². The summed E-state index contributed by atoms with van der Waals surface area (Å²) < 4.78 is 2.26. The highest BCUT2D eigenvalue weighted by Crippen LogP contribution is 2.33. The number of aromatic hydroxyl groups is 2. The SMILES string of the molecule is Brc1ccc2ccc3c(Br)cccc3c2c1.Oc1ccc2ccc3c(O)cccc3c2c1. The van der Waals surface area contributed by atoms with E-state index in [9.17, 15) is 10.2 Å². The molecule has 0 aliphatic rings. The molecular weight excluding hydrogens is 528 g/mol. The molecule has 6 rings (SSSR count). The Morgan fingerprint density at radius 1 is 0.469 bits per heavy atom. The molecule has 156 valence electrons. The molecular formula is C28H18Br2O2. The first-order valence-electron chi connectivity index (χ1n) is 10.1. The number of hydrogen-bond donors (Lipinski definition) is 2. The highest BCUT2D eigenvalue weighted by atomic mass is 79.9. The average molecular weight is 546 g/mol. The number of rotatable bonds is 0. The molecule has 0 heterocycles. The molecule has 2 nitrogen and oxygen atoms in total. The summed E-state index contributed by atoms with van der Waals surface area (Å²) in [5, 5.41) is 28.1. The molecule has 4 heteroatoms. The minimum atomic E-state index is 0.239. The molecule has 0 atom stereocenters. The van der Waals surface area contributed by atoms with E-state index in [2.05, 4.69) is 80.4 Å². The Morgan fingerprint density at radius 3 is 1.84 bits per heavy atom. The molecule has 0 aromatic heterocycles. The Hall–Kier alpha value is -3.08. The van der Waals surface area contributed by atoms with Crippen LogP contribution in [0, 0.1) is 0 Å². The largest absolute Gasteiger partial charge is 0.508 e. The molecule has 6 aromatic carbocycles. The van der Waals surface area contributed by atoms with Gasteiger partial charge in [0.15, 0.2) is 0 Å². The molecule has 0 aliphatic carbocycles. The molecule has 0 saturated heterocycles. The van der Waals surface area contributed by atoms with Gasteiger partial charge in [0.25, 0.3) is 0 Å². The first kappa shape index (κ1) is 20.8. The highest BCUT2D eigenvalue weighted by Gasteiger charge is 2.05. The van der Waals surface area contributed by atoms with Gasteiger partial charge in [0.1, 0.15) is 11.5 Å². The van der Waals surface area contributed by atoms with Gasteiger partial charge in [-0.25, -0.2) is 0 Å². The minimum Gasteiger partial charge on any atom is -0.508 e. The molecule has 0 bridgehead atoms. The van der Waals surface area contributed by atoms with Gasteiger partial charge in [-0.15, -0.1) is 0 Å². The Balaban J connectivity index is 0.000000135. The van der Waals surface area contributed by atoms with Gasteiger partial charge >= 0.3 is 0 Å². The van der Waals surface area contributed by atoms with Gasteiger partial charge in [0.2, 0.25) is 0 Å². The summed E-state index contributed by atoms with van der Waals surface area (Å²) in [5.41, 5.74) is 0. The third kappa shape index (κ3) is 3.81. The van der Waals surface area contributed by atoms with E-state index in [-0.39, 0.29) is 11.5 Å². The molecule has 0 amide bonds. The third-order valence-electron chi connectivity index (χ3n) is 5.63. The number of fused-ring (bicyclic) bond motifs is 6. The summed E-state index contributed by atoms with van der Waals surface area (Å²) in [6.45, 7) is 0. The van der Waals surface area contributed by atoms with Crippen LogP contribution in [0.3, 0.4) is 0 Å². The van der Waals surface area contributed by atoms with Gasteiger partial charge in [0, 0.05) is 14.3 Å². The summed E-state index contributed by atoms with van der Waals surface area (Å²) >= 11 is 7.11. The van der Waals surface area contributed by atoms with Gasteiger partial charge < -0.3 is 10.2 Å². The molecule has 32 heavy (non-hydrogen) atoms. The Labute approximate surface area is 202 Å². The maximum Gasteiger partial charge on any atom is 0.123 e. The van der Waals surface area contributed by atoms with Crippen LogP contribution in [-0.2, 0) is 0 Å². The standard InChI is InChI=1S/C14H8Br2.C14H10O2/c2*15-10-6-4-9-5-7-12-11(13(9)8-10)2-1-3-14(12)16/h1-8H;1-8,15-16H. The van der Waals surface area contributed by atoms with Crippen LogP contribution >= 0.6 is 31.9 Å². The van der Waals surface area contributed by atoms with Crippen molar-refractivity contribution in [3.05, 3.63) is 106 Å². The first-order chi connectivity index (χ1) is 15.5. The maximum absolute atomic E-state index is 9.74. The van der Waals surface area contributed by atoms with Gasteiger partial charge in [-0.3, -0.25) is 0 Å². The van der Waals surface area contributed by atoms with Crippen LogP contribution in [0.4, 0.5) is 0 Å². The van der Waals surface area contributed by atoms with Gasteiger partial charge in [-0.05, 0) is 74.1 Å². The van der Waals surface area contributed by atoms with Crippen LogP contribution in [0.15, 0.2) is 106 Å². The number of hydrogen-bond acceptors (Lipinski definition) is 2. The van der Waals surface area contributed by atoms with Crippen molar-refractivity contribution in [2.45, 2.75) is 0 Å². The van der Waals surface area contributed by atoms with Crippen LogP contribution in [0.5, 0.6) is 11.5 Å². The van der Waals surface area contributed by atoms with Crippen molar-refractivity contribution >= 4 is 74.9 Å². The topological polar surface area (TPSA) is 40.5 Å². The smallest absolute Gasteiger partial charge is 0.123 e. The van der Waals surface area contributed by atoms with Gasteiger partial charge in [-0.1, -0.05) is 92.5 Å². The van der Waals surface area contributed by atoms with E-state index in [0.717, 1.165) is 30.5 Å². The second-order valence-corrected chi connectivity index (χ2v) is 9.38. The van der Waals surface area contributed by atoms with E-state index in [1.54, 1.807) is 24.3 Å². The van der Waals surface area contributed by atoms with Crippen LogP contribution in [0.1, 0.15) is 0 Å². The second kappa shape index (κ2) is 8.45. The van der Waals surface area contributed by atoms with Crippen molar-refractivity contribution < 1.29 is 10.2 Å². The Morgan fingerprint density at radius 2 is 1.06 bits per heavy atom. The van der Waals surface area contributed by atoms with Gasteiger partial charge in [-0.2, -0.15) is 0 Å². The molecule has 6 aromatic rings. The summed E-state index contributed by atoms with van der Waals surface area (Å²) in [6.07, 6.45) is 0. The molecule has 0 aliphatic heterocycles. The zero-order chi connectivity index (χ0) is 22.2. The van der Waals surface area contributed by atoms with E-state index in [1.165, 1.54) is 21.5 Å². The van der Waals surface area contributed by atoms with Crippen molar-refractivity contribution in [3.8, 4) is 11.5 Å². The zero-order valence-electron chi connectivity index (χ0n) is 16.9.